The highest BCUT2D eigenvalue weighted by Gasteiger charge is 2.12. The van der Waals surface area contributed by atoms with E-state index in [2.05, 4.69) is 16.6 Å². The Balaban J connectivity index is 1.86. The Morgan fingerprint density at radius 1 is 1.13 bits per heavy atom. The van der Waals surface area contributed by atoms with Crippen LogP contribution in [0, 0.1) is 0 Å². The standard InChI is InChI=1S/C23H24N2O5/c1-4-21(26)24-19-7-5-6-18(16-19)23(28)25(2)14-15-30-20-11-8-17(9-12-20)10-13-22(27)29-3/h4-13,16H,1,14-15H2,2-3H3,(H,24,26)/b13-10+. The Labute approximate surface area is 175 Å². The minimum atomic E-state index is -0.420. The van der Waals surface area contributed by atoms with E-state index in [0.29, 0.717) is 30.2 Å². The fourth-order valence-electron chi connectivity index (χ4n) is 2.45. The maximum absolute atomic E-state index is 12.6. The molecular formula is C23H24N2O5. The average Bonchev–Trinajstić information content (AvgIpc) is 2.77. The largest absolute Gasteiger partial charge is 0.492 e. The van der Waals surface area contributed by atoms with E-state index in [1.807, 2.05) is 12.1 Å². The summed E-state index contributed by atoms with van der Waals surface area (Å²) < 4.78 is 10.2. The number of carbonyl (C=O) groups is 3. The van der Waals surface area contributed by atoms with Crippen LogP contribution in [0.3, 0.4) is 0 Å². The van der Waals surface area contributed by atoms with Crippen molar-refractivity contribution >= 4 is 29.5 Å². The Morgan fingerprint density at radius 3 is 2.53 bits per heavy atom. The summed E-state index contributed by atoms with van der Waals surface area (Å²) in [7, 11) is 3.00. The van der Waals surface area contributed by atoms with Crippen LogP contribution in [0.1, 0.15) is 15.9 Å². The number of esters is 1. The van der Waals surface area contributed by atoms with E-state index >= 15 is 0 Å². The normalized spacial score (nSPS) is 10.3. The van der Waals surface area contributed by atoms with Crippen LogP contribution >= 0.6 is 0 Å². The fourth-order valence-corrected chi connectivity index (χ4v) is 2.45. The number of carbonyl (C=O) groups excluding carboxylic acids is 3. The topological polar surface area (TPSA) is 84.9 Å². The summed E-state index contributed by atoms with van der Waals surface area (Å²) >= 11 is 0. The second-order valence-electron chi connectivity index (χ2n) is 6.27. The van der Waals surface area contributed by atoms with Crippen LogP contribution in [0.4, 0.5) is 5.69 Å². The first-order valence-electron chi connectivity index (χ1n) is 9.20. The third-order valence-corrected chi connectivity index (χ3v) is 4.10. The van der Waals surface area contributed by atoms with Crippen molar-refractivity contribution in [2.45, 2.75) is 0 Å². The molecule has 1 N–H and O–H groups in total. The number of nitrogens with one attached hydrogen (secondary N) is 1. The van der Waals surface area contributed by atoms with E-state index in [4.69, 9.17) is 4.74 Å². The number of methoxy groups -OCH3 is 1. The van der Waals surface area contributed by atoms with Crippen molar-refractivity contribution in [2.24, 2.45) is 0 Å². The monoisotopic (exact) mass is 408 g/mol. The van der Waals surface area contributed by atoms with E-state index in [-0.39, 0.29) is 11.8 Å². The zero-order chi connectivity index (χ0) is 21.9. The minimum Gasteiger partial charge on any atom is -0.492 e. The summed E-state index contributed by atoms with van der Waals surface area (Å²) in [5.74, 6) is -0.290. The van der Waals surface area contributed by atoms with Crippen molar-refractivity contribution < 1.29 is 23.9 Å². The van der Waals surface area contributed by atoms with Gasteiger partial charge in [-0.05, 0) is 48.0 Å². The van der Waals surface area contributed by atoms with Gasteiger partial charge in [0.25, 0.3) is 5.91 Å². The molecule has 0 aliphatic heterocycles. The van der Waals surface area contributed by atoms with E-state index in [9.17, 15) is 14.4 Å². The molecule has 0 heterocycles. The summed E-state index contributed by atoms with van der Waals surface area (Å²) in [6, 6.07) is 13.9. The Hall–Kier alpha value is -3.87. The quantitative estimate of drug-likeness (QED) is 0.509. The number of amides is 2. The predicted octanol–water partition coefficient (Wildman–Crippen LogP) is 3.15. The second-order valence-corrected chi connectivity index (χ2v) is 6.27. The number of ether oxygens (including phenoxy) is 2. The van der Waals surface area contributed by atoms with Gasteiger partial charge in [-0.2, -0.15) is 0 Å². The Bertz CT molecular complexity index is 935. The first-order chi connectivity index (χ1) is 14.4. The van der Waals surface area contributed by atoms with Gasteiger partial charge in [-0.25, -0.2) is 4.79 Å². The molecule has 0 aliphatic carbocycles. The average molecular weight is 408 g/mol. The molecule has 0 atom stereocenters. The van der Waals surface area contributed by atoms with Crippen LogP contribution in [0.25, 0.3) is 6.08 Å². The molecule has 2 aromatic carbocycles. The number of likely N-dealkylation sites (N-methyl/N-ethyl adjacent to an activating group) is 1. The molecule has 0 radical (unpaired) electrons. The zero-order valence-electron chi connectivity index (χ0n) is 17.0. The molecule has 0 spiro atoms. The highest BCUT2D eigenvalue weighted by molar-refractivity contribution is 6.00. The first-order valence-corrected chi connectivity index (χ1v) is 9.20. The van der Waals surface area contributed by atoms with E-state index in [1.54, 1.807) is 54.4 Å². The number of hydrogen-bond donors (Lipinski definition) is 1. The van der Waals surface area contributed by atoms with Gasteiger partial charge in [-0.15, -0.1) is 0 Å². The minimum absolute atomic E-state index is 0.184. The molecule has 0 bridgehead atoms. The molecule has 0 fully saturated rings. The molecule has 2 amide bonds. The predicted molar refractivity (Wildman–Crippen MR) is 115 cm³/mol. The third kappa shape index (κ3) is 6.94. The lowest BCUT2D eigenvalue weighted by atomic mass is 10.1. The van der Waals surface area contributed by atoms with E-state index in [0.717, 1.165) is 5.56 Å². The van der Waals surface area contributed by atoms with Crippen molar-refractivity contribution in [3.63, 3.8) is 0 Å². The van der Waals surface area contributed by atoms with Gasteiger partial charge in [-0.3, -0.25) is 9.59 Å². The van der Waals surface area contributed by atoms with Gasteiger partial charge in [0.2, 0.25) is 5.91 Å². The number of benzene rings is 2. The summed E-state index contributed by atoms with van der Waals surface area (Å²) in [5.41, 5.74) is 1.82. The summed E-state index contributed by atoms with van der Waals surface area (Å²) in [4.78, 5) is 36.6. The number of rotatable bonds is 9. The lowest BCUT2D eigenvalue weighted by Gasteiger charge is -2.18. The molecule has 30 heavy (non-hydrogen) atoms. The van der Waals surface area contributed by atoms with Crippen LogP contribution in [0.5, 0.6) is 5.75 Å². The van der Waals surface area contributed by atoms with Gasteiger partial charge in [0, 0.05) is 24.4 Å². The van der Waals surface area contributed by atoms with Crippen molar-refractivity contribution in [1.82, 2.24) is 4.90 Å². The van der Waals surface area contributed by atoms with Crippen LogP contribution in [-0.4, -0.2) is 50.0 Å². The molecule has 2 rings (SSSR count). The van der Waals surface area contributed by atoms with Crippen molar-refractivity contribution in [1.29, 1.82) is 0 Å². The molecule has 7 heteroatoms. The molecule has 0 aromatic heterocycles. The molecule has 0 unspecified atom stereocenters. The van der Waals surface area contributed by atoms with Crippen LogP contribution in [0.2, 0.25) is 0 Å². The molecule has 156 valence electrons. The Morgan fingerprint density at radius 2 is 1.87 bits per heavy atom. The summed E-state index contributed by atoms with van der Waals surface area (Å²) in [6.07, 6.45) is 4.15. The lowest BCUT2D eigenvalue weighted by Crippen LogP contribution is -2.30. The highest BCUT2D eigenvalue weighted by Crippen LogP contribution is 2.15. The molecule has 0 saturated carbocycles. The van der Waals surface area contributed by atoms with Gasteiger partial charge in [-0.1, -0.05) is 24.8 Å². The van der Waals surface area contributed by atoms with Crippen LogP contribution < -0.4 is 10.1 Å². The fraction of sp³-hybridized carbons (Fsp3) is 0.174. The lowest BCUT2D eigenvalue weighted by molar-refractivity contribution is -0.134. The zero-order valence-corrected chi connectivity index (χ0v) is 17.0. The molecule has 0 saturated heterocycles. The van der Waals surface area contributed by atoms with Gasteiger partial charge < -0.3 is 19.7 Å². The highest BCUT2D eigenvalue weighted by atomic mass is 16.5. The first kappa shape index (κ1) is 22.4. The Kier molecular flexibility index (Phi) is 8.38. The van der Waals surface area contributed by atoms with Gasteiger partial charge in [0.1, 0.15) is 12.4 Å². The third-order valence-electron chi connectivity index (χ3n) is 4.10. The number of anilines is 1. The van der Waals surface area contributed by atoms with Crippen LogP contribution in [-0.2, 0) is 14.3 Å². The number of hydrogen-bond acceptors (Lipinski definition) is 5. The van der Waals surface area contributed by atoms with Gasteiger partial charge in [0.15, 0.2) is 0 Å². The van der Waals surface area contributed by atoms with E-state index < -0.39 is 5.97 Å². The summed E-state index contributed by atoms with van der Waals surface area (Å²) in [6.45, 7) is 4.10. The second kappa shape index (κ2) is 11.2. The van der Waals surface area contributed by atoms with Gasteiger partial charge in [0.05, 0.1) is 13.7 Å². The molecule has 2 aromatic rings. The summed E-state index contributed by atoms with van der Waals surface area (Å²) in [5, 5.41) is 2.63. The smallest absolute Gasteiger partial charge is 0.330 e. The van der Waals surface area contributed by atoms with Crippen molar-refractivity contribution in [3.05, 3.63) is 78.4 Å². The van der Waals surface area contributed by atoms with Gasteiger partial charge >= 0.3 is 5.97 Å². The SMILES string of the molecule is C=CC(=O)Nc1cccc(C(=O)N(C)CCOc2ccc(/C=C/C(=O)OC)cc2)c1. The number of nitrogens with zero attached hydrogens (tertiary/aromatic N) is 1. The maximum Gasteiger partial charge on any atom is 0.330 e. The molecular weight excluding hydrogens is 384 g/mol. The molecule has 7 nitrogen and oxygen atoms in total. The van der Waals surface area contributed by atoms with E-state index in [1.165, 1.54) is 19.3 Å². The molecule has 0 aliphatic rings. The van der Waals surface area contributed by atoms with Crippen LogP contribution in [0.15, 0.2) is 67.3 Å². The van der Waals surface area contributed by atoms with Crippen molar-refractivity contribution in [2.75, 3.05) is 32.6 Å². The van der Waals surface area contributed by atoms with Crippen molar-refractivity contribution in [3.8, 4) is 5.75 Å². The maximum atomic E-state index is 12.6.